The van der Waals surface area contributed by atoms with Gasteiger partial charge in [0.2, 0.25) is 0 Å². The molecule has 0 aliphatic heterocycles. The molecule has 5 nitrogen and oxygen atoms in total. The van der Waals surface area contributed by atoms with E-state index in [4.69, 9.17) is 19.9 Å². The number of pyridine rings is 2. The molecule has 3 heterocycles. The smallest absolute Gasteiger partial charge is 0.164 e. The predicted octanol–water partition coefficient (Wildman–Crippen LogP) is 12.0. The van der Waals surface area contributed by atoms with Crippen LogP contribution in [0.5, 0.6) is 0 Å². The van der Waals surface area contributed by atoms with E-state index in [9.17, 15) is 0 Å². The molecule has 0 bridgehead atoms. The van der Waals surface area contributed by atoms with Gasteiger partial charge in [-0.05, 0) is 75.8 Å². The second kappa shape index (κ2) is 14.7. The lowest BCUT2D eigenvalue weighted by Crippen LogP contribution is -2.00. The molecule has 0 spiro atoms. The van der Waals surface area contributed by atoms with Crippen molar-refractivity contribution in [2.75, 3.05) is 0 Å². The zero-order chi connectivity index (χ0) is 36.1. The maximum atomic E-state index is 5.07. The van der Waals surface area contributed by atoms with Crippen molar-refractivity contribution in [3.05, 3.63) is 200 Å². The van der Waals surface area contributed by atoms with E-state index in [0.29, 0.717) is 17.5 Å². The molecular formula is C49H33N5. The molecular weight excluding hydrogens is 659 g/mol. The summed E-state index contributed by atoms with van der Waals surface area (Å²) in [6, 6.07) is 64.5. The van der Waals surface area contributed by atoms with Gasteiger partial charge in [0.05, 0.1) is 11.4 Å². The van der Waals surface area contributed by atoms with Crippen molar-refractivity contribution in [3.8, 4) is 90.1 Å². The lowest BCUT2D eigenvalue weighted by Gasteiger charge is -2.13. The lowest BCUT2D eigenvalue weighted by atomic mass is 9.94. The van der Waals surface area contributed by atoms with Crippen LogP contribution in [0.2, 0.25) is 0 Å². The van der Waals surface area contributed by atoms with Gasteiger partial charge in [-0.2, -0.15) is 0 Å². The Bertz CT molecular complexity index is 2550. The fraction of sp³-hybridized carbons (Fsp3) is 0. The van der Waals surface area contributed by atoms with E-state index in [-0.39, 0.29) is 0 Å². The van der Waals surface area contributed by atoms with Gasteiger partial charge in [0.15, 0.2) is 17.5 Å². The quantitative estimate of drug-likeness (QED) is 0.159. The van der Waals surface area contributed by atoms with Crippen LogP contribution < -0.4 is 0 Å². The molecule has 0 fully saturated rings. The van der Waals surface area contributed by atoms with E-state index in [1.54, 1.807) is 0 Å². The number of rotatable bonds is 8. The van der Waals surface area contributed by atoms with E-state index in [1.807, 2.05) is 97.3 Å². The van der Waals surface area contributed by atoms with Crippen LogP contribution in [0, 0.1) is 0 Å². The summed E-state index contributed by atoms with van der Waals surface area (Å²) in [4.78, 5) is 24.4. The zero-order valence-corrected chi connectivity index (χ0v) is 29.3. The number of nitrogens with zero attached hydrogens (tertiary/aromatic N) is 5. The Morgan fingerprint density at radius 3 is 0.981 bits per heavy atom. The SMILES string of the molecule is c1ccc(-c2cc(-c3ccc(-c4cc(-c5ccncc5)cc(-c5nc(-c6ccccc6)nc(-c6ccccc6)n5)c4)cc3)cc(-c3ccccc3)n2)cc1. The summed E-state index contributed by atoms with van der Waals surface area (Å²) in [7, 11) is 0. The molecule has 254 valence electrons. The largest absolute Gasteiger partial charge is 0.265 e. The van der Waals surface area contributed by atoms with Crippen LogP contribution in [0.1, 0.15) is 0 Å². The Balaban J connectivity index is 1.16. The first-order chi connectivity index (χ1) is 26.7. The number of hydrogen-bond acceptors (Lipinski definition) is 5. The van der Waals surface area contributed by atoms with Gasteiger partial charge >= 0.3 is 0 Å². The fourth-order valence-electron chi connectivity index (χ4n) is 6.64. The van der Waals surface area contributed by atoms with Gasteiger partial charge in [0.25, 0.3) is 0 Å². The van der Waals surface area contributed by atoms with Gasteiger partial charge in [-0.15, -0.1) is 0 Å². The molecule has 6 aromatic carbocycles. The summed E-state index contributed by atoms with van der Waals surface area (Å²) in [5, 5.41) is 0. The Kier molecular flexibility index (Phi) is 8.86. The van der Waals surface area contributed by atoms with Crippen LogP contribution in [-0.2, 0) is 0 Å². The molecule has 0 aliphatic carbocycles. The van der Waals surface area contributed by atoms with Crippen molar-refractivity contribution in [3.63, 3.8) is 0 Å². The highest BCUT2D eigenvalue weighted by Crippen LogP contribution is 2.35. The van der Waals surface area contributed by atoms with Crippen molar-refractivity contribution in [2.45, 2.75) is 0 Å². The van der Waals surface area contributed by atoms with Crippen LogP contribution in [0.25, 0.3) is 90.1 Å². The topological polar surface area (TPSA) is 64.5 Å². The third-order valence-corrected chi connectivity index (χ3v) is 9.42. The van der Waals surface area contributed by atoms with Crippen molar-refractivity contribution in [1.82, 2.24) is 24.9 Å². The molecule has 0 saturated carbocycles. The molecule has 9 rings (SSSR count). The van der Waals surface area contributed by atoms with Crippen LogP contribution in [0.3, 0.4) is 0 Å². The van der Waals surface area contributed by atoms with E-state index in [1.165, 1.54) is 0 Å². The Morgan fingerprint density at radius 2 is 0.556 bits per heavy atom. The molecule has 0 saturated heterocycles. The van der Waals surface area contributed by atoms with Crippen molar-refractivity contribution in [2.24, 2.45) is 0 Å². The van der Waals surface area contributed by atoms with Gasteiger partial charge in [-0.25, -0.2) is 19.9 Å². The lowest BCUT2D eigenvalue weighted by molar-refractivity contribution is 1.07. The van der Waals surface area contributed by atoms with Gasteiger partial charge < -0.3 is 0 Å². The van der Waals surface area contributed by atoms with Gasteiger partial charge in [0, 0.05) is 40.2 Å². The minimum absolute atomic E-state index is 0.607. The number of hydrogen-bond donors (Lipinski definition) is 0. The normalized spacial score (nSPS) is 11.0. The minimum atomic E-state index is 0.607. The number of aromatic nitrogens is 5. The highest BCUT2D eigenvalue weighted by Gasteiger charge is 2.15. The molecule has 0 atom stereocenters. The average Bonchev–Trinajstić information content (AvgIpc) is 3.27. The first-order valence-corrected chi connectivity index (χ1v) is 17.9. The number of benzene rings is 6. The highest BCUT2D eigenvalue weighted by molar-refractivity contribution is 5.82. The fourth-order valence-corrected chi connectivity index (χ4v) is 6.64. The van der Waals surface area contributed by atoms with Crippen molar-refractivity contribution in [1.29, 1.82) is 0 Å². The Labute approximate surface area is 314 Å². The molecule has 54 heavy (non-hydrogen) atoms. The van der Waals surface area contributed by atoms with Crippen LogP contribution >= 0.6 is 0 Å². The van der Waals surface area contributed by atoms with Gasteiger partial charge in [-0.1, -0.05) is 146 Å². The van der Waals surface area contributed by atoms with E-state index >= 15 is 0 Å². The molecule has 3 aromatic heterocycles. The summed E-state index contributed by atoms with van der Waals surface area (Å²) >= 11 is 0. The summed E-state index contributed by atoms with van der Waals surface area (Å²) < 4.78 is 0. The zero-order valence-electron chi connectivity index (χ0n) is 29.3. The van der Waals surface area contributed by atoms with Crippen molar-refractivity contribution < 1.29 is 0 Å². The van der Waals surface area contributed by atoms with Gasteiger partial charge in [0.1, 0.15) is 0 Å². The molecule has 0 amide bonds. The molecule has 0 radical (unpaired) electrons. The van der Waals surface area contributed by atoms with Crippen molar-refractivity contribution >= 4 is 0 Å². The first kappa shape index (κ1) is 32.5. The second-order valence-electron chi connectivity index (χ2n) is 13.0. The monoisotopic (exact) mass is 691 g/mol. The summed E-state index contributed by atoms with van der Waals surface area (Å²) in [5.41, 5.74) is 13.3. The minimum Gasteiger partial charge on any atom is -0.265 e. The van der Waals surface area contributed by atoms with Gasteiger partial charge in [-0.3, -0.25) is 4.98 Å². The third-order valence-electron chi connectivity index (χ3n) is 9.42. The summed E-state index contributed by atoms with van der Waals surface area (Å²) in [6.07, 6.45) is 3.64. The average molecular weight is 692 g/mol. The van der Waals surface area contributed by atoms with Crippen LogP contribution in [0.15, 0.2) is 200 Å². The van der Waals surface area contributed by atoms with Crippen LogP contribution in [-0.4, -0.2) is 24.9 Å². The Morgan fingerprint density at radius 1 is 0.222 bits per heavy atom. The highest BCUT2D eigenvalue weighted by atomic mass is 15.0. The standard InChI is InChI=1S/C49H33N5/c1-5-13-37(14-6-1)45-32-43(33-46(51-45)38-15-7-2-8-16-38)35-23-21-34(22-24-35)41-29-42(36-25-27-50-28-26-36)31-44(30-41)49-53-47(39-17-9-3-10-18-39)52-48(54-49)40-19-11-4-12-20-40/h1-33H. The van der Waals surface area contributed by atoms with E-state index in [2.05, 4.69) is 108 Å². The Hall–Kier alpha value is -7.37. The summed E-state index contributed by atoms with van der Waals surface area (Å²) in [5.74, 6) is 1.86. The molecule has 0 unspecified atom stereocenters. The third kappa shape index (κ3) is 6.94. The first-order valence-electron chi connectivity index (χ1n) is 17.9. The maximum Gasteiger partial charge on any atom is 0.164 e. The molecule has 5 heteroatoms. The van der Waals surface area contributed by atoms with Crippen LogP contribution in [0.4, 0.5) is 0 Å². The second-order valence-corrected chi connectivity index (χ2v) is 13.0. The summed E-state index contributed by atoms with van der Waals surface area (Å²) in [6.45, 7) is 0. The molecule has 9 aromatic rings. The maximum absolute atomic E-state index is 5.07. The predicted molar refractivity (Wildman–Crippen MR) is 219 cm³/mol. The van der Waals surface area contributed by atoms with E-state index in [0.717, 1.165) is 72.6 Å². The molecule has 0 N–H and O–H groups in total. The van der Waals surface area contributed by atoms with E-state index < -0.39 is 0 Å². The molecule has 0 aliphatic rings.